The summed E-state index contributed by atoms with van der Waals surface area (Å²) in [7, 11) is 3.42. The lowest BCUT2D eigenvalue weighted by molar-refractivity contribution is 0.395. The van der Waals surface area contributed by atoms with Crippen LogP contribution in [0, 0.1) is 0 Å². The Morgan fingerprint density at radius 3 is 1.43 bits per heavy atom. The summed E-state index contributed by atoms with van der Waals surface area (Å²) in [5.74, 6) is 1.93. The molecule has 0 bridgehead atoms. The first kappa shape index (κ1) is 10.9. The Bertz CT molecular complexity index is 274. The van der Waals surface area contributed by atoms with Gasteiger partial charge in [0.2, 0.25) is 0 Å². The lowest BCUT2D eigenvalue weighted by atomic mass is 10.0. The molecule has 0 fully saturated rings. The SMILES string of the molecule is CCc1c(OC)ccc(OC)c1CC. The molecule has 0 aliphatic heterocycles. The number of methoxy groups -OCH3 is 2. The topological polar surface area (TPSA) is 18.5 Å². The zero-order valence-corrected chi connectivity index (χ0v) is 9.39. The van der Waals surface area contributed by atoms with Crippen molar-refractivity contribution in [2.45, 2.75) is 26.7 Å². The summed E-state index contributed by atoms with van der Waals surface area (Å²) in [6, 6.07) is 3.94. The van der Waals surface area contributed by atoms with Crippen molar-refractivity contribution in [3.63, 3.8) is 0 Å². The standard InChI is InChI=1S/C12H18O2/c1-5-9-10(6-2)12(14-4)8-7-11(9)13-3/h7-8H,5-6H2,1-4H3. The molecule has 2 heteroatoms. The lowest BCUT2D eigenvalue weighted by Gasteiger charge is -2.14. The Hall–Kier alpha value is -1.18. The summed E-state index contributed by atoms with van der Waals surface area (Å²) in [6.45, 7) is 4.27. The lowest BCUT2D eigenvalue weighted by Crippen LogP contribution is -1.99. The molecular formula is C12H18O2. The minimum Gasteiger partial charge on any atom is -0.496 e. The van der Waals surface area contributed by atoms with Crippen molar-refractivity contribution in [1.29, 1.82) is 0 Å². The van der Waals surface area contributed by atoms with Gasteiger partial charge in [0.1, 0.15) is 11.5 Å². The van der Waals surface area contributed by atoms with Crippen molar-refractivity contribution in [2.75, 3.05) is 14.2 Å². The highest BCUT2D eigenvalue weighted by atomic mass is 16.5. The highest BCUT2D eigenvalue weighted by Gasteiger charge is 2.10. The second kappa shape index (κ2) is 4.89. The highest BCUT2D eigenvalue weighted by molar-refractivity contribution is 5.48. The van der Waals surface area contributed by atoms with Gasteiger partial charge in [-0.15, -0.1) is 0 Å². The Kier molecular flexibility index (Phi) is 3.81. The first-order chi connectivity index (χ1) is 6.78. The summed E-state index contributed by atoms with van der Waals surface area (Å²) in [4.78, 5) is 0. The van der Waals surface area contributed by atoms with Crippen LogP contribution in [0.2, 0.25) is 0 Å². The van der Waals surface area contributed by atoms with Crippen molar-refractivity contribution >= 4 is 0 Å². The summed E-state index contributed by atoms with van der Waals surface area (Å²) in [5.41, 5.74) is 2.52. The third kappa shape index (κ3) is 1.84. The average Bonchev–Trinajstić information content (AvgIpc) is 2.26. The van der Waals surface area contributed by atoms with E-state index >= 15 is 0 Å². The quantitative estimate of drug-likeness (QED) is 0.733. The molecule has 1 aromatic rings. The van der Waals surface area contributed by atoms with Crippen LogP contribution < -0.4 is 9.47 Å². The monoisotopic (exact) mass is 194 g/mol. The average molecular weight is 194 g/mol. The summed E-state index contributed by atoms with van der Waals surface area (Å²) < 4.78 is 10.6. The maximum Gasteiger partial charge on any atom is 0.122 e. The van der Waals surface area contributed by atoms with Crippen LogP contribution in [0.5, 0.6) is 11.5 Å². The van der Waals surface area contributed by atoms with Gasteiger partial charge in [-0.05, 0) is 25.0 Å². The molecule has 0 heterocycles. The summed E-state index contributed by atoms with van der Waals surface area (Å²) in [5, 5.41) is 0. The number of rotatable bonds is 4. The first-order valence-corrected chi connectivity index (χ1v) is 5.01. The van der Waals surface area contributed by atoms with E-state index in [1.807, 2.05) is 12.1 Å². The third-order valence-electron chi connectivity index (χ3n) is 2.49. The second-order valence-electron chi connectivity index (χ2n) is 3.13. The molecular weight excluding hydrogens is 176 g/mol. The van der Waals surface area contributed by atoms with E-state index in [0.717, 1.165) is 24.3 Å². The van der Waals surface area contributed by atoms with Gasteiger partial charge < -0.3 is 9.47 Å². The first-order valence-electron chi connectivity index (χ1n) is 5.01. The van der Waals surface area contributed by atoms with Crippen LogP contribution in [0.25, 0.3) is 0 Å². The Morgan fingerprint density at radius 2 is 1.21 bits per heavy atom. The zero-order valence-electron chi connectivity index (χ0n) is 9.39. The number of hydrogen-bond donors (Lipinski definition) is 0. The molecule has 78 valence electrons. The van der Waals surface area contributed by atoms with E-state index in [2.05, 4.69) is 13.8 Å². The minimum absolute atomic E-state index is 0.963. The van der Waals surface area contributed by atoms with Crippen molar-refractivity contribution in [3.8, 4) is 11.5 Å². The van der Waals surface area contributed by atoms with Gasteiger partial charge in [-0.1, -0.05) is 13.8 Å². The molecule has 1 aromatic carbocycles. The van der Waals surface area contributed by atoms with Gasteiger partial charge in [0.25, 0.3) is 0 Å². The van der Waals surface area contributed by atoms with Crippen molar-refractivity contribution in [2.24, 2.45) is 0 Å². The summed E-state index contributed by atoms with van der Waals surface area (Å²) in [6.07, 6.45) is 1.95. The number of hydrogen-bond acceptors (Lipinski definition) is 2. The molecule has 0 radical (unpaired) electrons. The van der Waals surface area contributed by atoms with Crippen molar-refractivity contribution < 1.29 is 9.47 Å². The van der Waals surface area contributed by atoms with E-state index in [1.54, 1.807) is 14.2 Å². The van der Waals surface area contributed by atoms with Crippen molar-refractivity contribution in [1.82, 2.24) is 0 Å². The Balaban J connectivity index is 3.28. The summed E-state index contributed by atoms with van der Waals surface area (Å²) >= 11 is 0. The van der Waals surface area contributed by atoms with Crippen LogP contribution in [0.3, 0.4) is 0 Å². The second-order valence-corrected chi connectivity index (χ2v) is 3.13. The van der Waals surface area contributed by atoms with Crippen LogP contribution in [0.1, 0.15) is 25.0 Å². The molecule has 0 aliphatic carbocycles. The van der Waals surface area contributed by atoms with E-state index in [4.69, 9.17) is 9.47 Å². The van der Waals surface area contributed by atoms with E-state index in [-0.39, 0.29) is 0 Å². The van der Waals surface area contributed by atoms with Gasteiger partial charge in [-0.2, -0.15) is 0 Å². The third-order valence-corrected chi connectivity index (χ3v) is 2.49. The fraction of sp³-hybridized carbons (Fsp3) is 0.500. The molecule has 0 aromatic heterocycles. The van der Waals surface area contributed by atoms with Crippen LogP contribution in [-0.2, 0) is 12.8 Å². The number of ether oxygens (including phenoxy) is 2. The molecule has 0 unspecified atom stereocenters. The predicted octanol–water partition coefficient (Wildman–Crippen LogP) is 2.83. The molecule has 0 aliphatic rings. The fourth-order valence-electron chi connectivity index (χ4n) is 1.81. The van der Waals surface area contributed by atoms with Crippen molar-refractivity contribution in [3.05, 3.63) is 23.3 Å². The van der Waals surface area contributed by atoms with Gasteiger partial charge >= 0.3 is 0 Å². The van der Waals surface area contributed by atoms with E-state index in [9.17, 15) is 0 Å². The number of benzene rings is 1. The highest BCUT2D eigenvalue weighted by Crippen LogP contribution is 2.31. The molecule has 0 amide bonds. The van der Waals surface area contributed by atoms with Crippen LogP contribution in [0.15, 0.2) is 12.1 Å². The zero-order chi connectivity index (χ0) is 10.6. The normalized spacial score (nSPS) is 10.0. The van der Waals surface area contributed by atoms with Gasteiger partial charge in [-0.3, -0.25) is 0 Å². The van der Waals surface area contributed by atoms with Gasteiger partial charge in [-0.25, -0.2) is 0 Å². The molecule has 1 rings (SSSR count). The van der Waals surface area contributed by atoms with E-state index in [1.165, 1.54) is 11.1 Å². The van der Waals surface area contributed by atoms with Crippen LogP contribution in [0.4, 0.5) is 0 Å². The molecule has 14 heavy (non-hydrogen) atoms. The Morgan fingerprint density at radius 1 is 0.857 bits per heavy atom. The maximum atomic E-state index is 5.32. The smallest absolute Gasteiger partial charge is 0.122 e. The van der Waals surface area contributed by atoms with Gasteiger partial charge in [0, 0.05) is 11.1 Å². The van der Waals surface area contributed by atoms with Crippen LogP contribution in [-0.4, -0.2) is 14.2 Å². The minimum atomic E-state index is 0.963. The molecule has 0 saturated heterocycles. The fourth-order valence-corrected chi connectivity index (χ4v) is 1.81. The molecule has 0 saturated carbocycles. The molecule has 0 spiro atoms. The molecule has 2 nitrogen and oxygen atoms in total. The van der Waals surface area contributed by atoms with Crippen LogP contribution >= 0.6 is 0 Å². The molecule has 0 N–H and O–H groups in total. The Labute approximate surface area is 85.8 Å². The van der Waals surface area contributed by atoms with E-state index < -0.39 is 0 Å². The molecule has 0 atom stereocenters. The van der Waals surface area contributed by atoms with Gasteiger partial charge in [0.05, 0.1) is 14.2 Å². The van der Waals surface area contributed by atoms with Gasteiger partial charge in [0.15, 0.2) is 0 Å². The maximum absolute atomic E-state index is 5.32. The van der Waals surface area contributed by atoms with E-state index in [0.29, 0.717) is 0 Å². The predicted molar refractivity (Wildman–Crippen MR) is 58.3 cm³/mol. The largest absolute Gasteiger partial charge is 0.496 e.